The van der Waals surface area contributed by atoms with Crippen LogP contribution in [0.2, 0.25) is 4.51 Å². The molecule has 1 aliphatic rings. The molecule has 0 bridgehead atoms. The van der Waals surface area contributed by atoms with E-state index in [4.69, 9.17) is 0 Å². The van der Waals surface area contributed by atoms with Crippen LogP contribution in [0.3, 0.4) is 0 Å². The maximum absolute atomic E-state index is 2.36. The van der Waals surface area contributed by atoms with Gasteiger partial charge in [0.05, 0.1) is 0 Å². The van der Waals surface area contributed by atoms with Crippen molar-refractivity contribution in [2.75, 3.05) is 0 Å². The second kappa shape index (κ2) is 3.84. The van der Waals surface area contributed by atoms with Crippen molar-refractivity contribution in [3.05, 3.63) is 0 Å². The van der Waals surface area contributed by atoms with Crippen LogP contribution in [0.1, 0.15) is 33.6 Å². The van der Waals surface area contributed by atoms with Crippen molar-refractivity contribution >= 4 is 0 Å². The van der Waals surface area contributed by atoms with Gasteiger partial charge in [0.2, 0.25) is 0 Å². The fraction of sp³-hybridized carbons (Fsp3) is 1.00. The molecular weight excluding hydrogens is 288 g/mol. The van der Waals surface area contributed by atoms with Crippen LogP contribution < -0.4 is 24.0 Å². The largest absolute Gasteiger partial charge is 1.00 e. The molecular formula is C8H15IZn. The van der Waals surface area contributed by atoms with Crippen LogP contribution in [0.25, 0.3) is 0 Å². The molecule has 0 aromatic rings. The standard InChI is InChI=1S/C8H15.HI.Zn/c1-8(2,3)7-5-4-6-7;;/h4,7H,5-6H2,1-3H3;1H;/q;;+1/p-1. The molecule has 0 atom stereocenters. The maximum Gasteiger partial charge on any atom is -1.00 e. The Labute approximate surface area is 91.2 Å². The molecule has 1 fully saturated rings. The Morgan fingerprint density at radius 2 is 1.60 bits per heavy atom. The Bertz CT molecular complexity index is 100. The van der Waals surface area contributed by atoms with Crippen molar-refractivity contribution in [3.63, 3.8) is 0 Å². The zero-order valence-corrected chi connectivity index (χ0v) is 12.3. The Balaban J connectivity index is 0.000000810. The molecule has 0 aliphatic heterocycles. The summed E-state index contributed by atoms with van der Waals surface area (Å²) in [7, 11) is 0. The summed E-state index contributed by atoms with van der Waals surface area (Å²) in [6.07, 6.45) is 3.03. The van der Waals surface area contributed by atoms with Crippen molar-refractivity contribution in [1.82, 2.24) is 0 Å². The summed E-state index contributed by atoms with van der Waals surface area (Å²) in [6.45, 7) is 7.09. The van der Waals surface area contributed by atoms with Gasteiger partial charge in [0.25, 0.3) is 0 Å². The fourth-order valence-corrected chi connectivity index (χ4v) is 3.13. The molecule has 0 unspecified atom stereocenters. The van der Waals surface area contributed by atoms with Crippen LogP contribution in [0.4, 0.5) is 0 Å². The van der Waals surface area contributed by atoms with Crippen LogP contribution in [0, 0.1) is 11.3 Å². The quantitative estimate of drug-likeness (QED) is 0.429. The van der Waals surface area contributed by atoms with Gasteiger partial charge in [0, 0.05) is 0 Å². The average Bonchev–Trinajstić information content (AvgIpc) is 1.55. The van der Waals surface area contributed by atoms with Crippen LogP contribution in [0.5, 0.6) is 0 Å². The zero-order valence-electron chi connectivity index (χ0n) is 7.15. The van der Waals surface area contributed by atoms with Gasteiger partial charge in [-0.2, -0.15) is 0 Å². The van der Waals surface area contributed by atoms with Crippen LogP contribution in [-0.4, -0.2) is 0 Å². The molecule has 0 aromatic heterocycles. The van der Waals surface area contributed by atoms with E-state index in [1.54, 1.807) is 0 Å². The van der Waals surface area contributed by atoms with Crippen molar-refractivity contribution < 1.29 is 42.3 Å². The number of hydrogen-bond acceptors (Lipinski definition) is 0. The second-order valence-electron chi connectivity index (χ2n) is 4.40. The van der Waals surface area contributed by atoms with Crippen molar-refractivity contribution in [2.24, 2.45) is 11.3 Å². The molecule has 0 nitrogen and oxygen atoms in total. The smallest absolute Gasteiger partial charge is 1.00 e. The van der Waals surface area contributed by atoms with Gasteiger partial charge < -0.3 is 24.0 Å². The zero-order chi connectivity index (χ0) is 7.07. The fourth-order valence-electron chi connectivity index (χ4n) is 1.44. The minimum Gasteiger partial charge on any atom is -1.00 e. The van der Waals surface area contributed by atoms with E-state index in [9.17, 15) is 0 Å². The first-order valence-corrected chi connectivity index (χ1v) is 5.54. The normalized spacial score (nSPS) is 32.5. The molecule has 0 aromatic carbocycles. The topological polar surface area (TPSA) is 0 Å². The van der Waals surface area contributed by atoms with Crippen molar-refractivity contribution in [1.29, 1.82) is 0 Å². The minimum absolute atomic E-state index is 0. The molecule has 0 amide bonds. The van der Waals surface area contributed by atoms with Crippen LogP contribution in [-0.2, 0) is 18.3 Å². The van der Waals surface area contributed by atoms with Gasteiger partial charge in [-0.25, -0.2) is 0 Å². The van der Waals surface area contributed by atoms with E-state index in [-0.39, 0.29) is 24.0 Å². The van der Waals surface area contributed by atoms with Gasteiger partial charge in [-0.3, -0.25) is 0 Å². The van der Waals surface area contributed by atoms with Gasteiger partial charge in [-0.05, 0) is 0 Å². The number of rotatable bonds is 0. The molecule has 10 heavy (non-hydrogen) atoms. The summed E-state index contributed by atoms with van der Waals surface area (Å²) in [6, 6.07) is 0. The van der Waals surface area contributed by atoms with Gasteiger partial charge in [-0.1, -0.05) is 0 Å². The summed E-state index contributed by atoms with van der Waals surface area (Å²) in [5.41, 5.74) is 0.596. The average molecular weight is 304 g/mol. The van der Waals surface area contributed by atoms with E-state index < -0.39 is 0 Å². The summed E-state index contributed by atoms with van der Waals surface area (Å²) < 4.78 is 1.13. The van der Waals surface area contributed by atoms with E-state index in [0.29, 0.717) is 5.41 Å². The third kappa shape index (κ3) is 2.77. The molecule has 0 radical (unpaired) electrons. The Morgan fingerprint density at radius 1 is 1.20 bits per heavy atom. The third-order valence-electron chi connectivity index (χ3n) is 2.46. The SMILES string of the molecule is CC(C)(C)C1C[CH]([Zn+])C1.[I-]. The van der Waals surface area contributed by atoms with Crippen LogP contribution in [0.15, 0.2) is 0 Å². The van der Waals surface area contributed by atoms with E-state index in [0.717, 1.165) is 10.4 Å². The third-order valence-corrected chi connectivity index (χ3v) is 3.86. The molecule has 0 saturated heterocycles. The van der Waals surface area contributed by atoms with Crippen molar-refractivity contribution in [3.8, 4) is 0 Å². The molecule has 1 rings (SSSR count). The number of halogens is 1. The van der Waals surface area contributed by atoms with E-state index in [2.05, 4.69) is 20.8 Å². The van der Waals surface area contributed by atoms with Gasteiger partial charge >= 0.3 is 67.8 Å². The Kier molecular flexibility index (Phi) is 4.36. The van der Waals surface area contributed by atoms with Gasteiger partial charge in [0.15, 0.2) is 0 Å². The Morgan fingerprint density at radius 3 is 1.70 bits per heavy atom. The summed E-state index contributed by atoms with van der Waals surface area (Å²) in [5, 5.41) is 0. The first-order chi connectivity index (χ1) is 4.00. The molecule has 56 valence electrons. The first kappa shape index (κ1) is 11.4. The van der Waals surface area contributed by atoms with Crippen molar-refractivity contribution in [2.45, 2.75) is 38.1 Å². The monoisotopic (exact) mass is 302 g/mol. The first-order valence-electron chi connectivity index (χ1n) is 3.83. The molecule has 0 heterocycles. The molecule has 0 spiro atoms. The summed E-state index contributed by atoms with van der Waals surface area (Å²) in [5.74, 6) is 1.04. The molecule has 1 saturated carbocycles. The molecule has 0 N–H and O–H groups in total. The number of hydrogen-bond donors (Lipinski definition) is 0. The Hall–Kier alpha value is 1.35. The molecule has 2 heteroatoms. The van der Waals surface area contributed by atoms with E-state index in [1.807, 2.05) is 0 Å². The summed E-state index contributed by atoms with van der Waals surface area (Å²) >= 11 is 1.52. The van der Waals surface area contributed by atoms with Gasteiger partial charge in [0.1, 0.15) is 0 Å². The van der Waals surface area contributed by atoms with E-state index >= 15 is 0 Å². The predicted molar refractivity (Wildman–Crippen MR) is 35.9 cm³/mol. The van der Waals surface area contributed by atoms with E-state index in [1.165, 1.54) is 31.1 Å². The van der Waals surface area contributed by atoms with Crippen LogP contribution >= 0.6 is 0 Å². The summed E-state index contributed by atoms with van der Waals surface area (Å²) in [4.78, 5) is 0. The predicted octanol–water partition coefficient (Wildman–Crippen LogP) is -0.218. The second-order valence-corrected chi connectivity index (χ2v) is 6.82. The van der Waals surface area contributed by atoms with Gasteiger partial charge in [-0.15, -0.1) is 0 Å². The maximum atomic E-state index is 2.36. The minimum atomic E-state index is 0. The molecule has 1 aliphatic carbocycles.